The second-order valence-electron chi connectivity index (χ2n) is 4.51. The van der Waals surface area contributed by atoms with Gasteiger partial charge in [-0.2, -0.15) is 5.26 Å². The minimum absolute atomic E-state index is 0.197. The van der Waals surface area contributed by atoms with Crippen LogP contribution >= 0.6 is 0 Å². The predicted octanol–water partition coefficient (Wildman–Crippen LogP) is 3.55. The molecule has 0 N–H and O–H groups in total. The molecule has 0 heterocycles. The van der Waals surface area contributed by atoms with Crippen molar-refractivity contribution in [2.75, 3.05) is 14.2 Å². The zero-order valence-corrected chi connectivity index (χ0v) is 11.7. The molecule has 1 atom stereocenters. The van der Waals surface area contributed by atoms with Gasteiger partial charge in [0.2, 0.25) is 0 Å². The molecule has 0 fully saturated rings. The molecule has 3 heteroatoms. The SMILES string of the molecule is COc1cccc(C[C@H](C#N)c2cccc(OC)c2)c1. The fraction of sp³-hybridized carbons (Fsp3) is 0.235. The van der Waals surface area contributed by atoms with Gasteiger partial charge in [0.25, 0.3) is 0 Å². The van der Waals surface area contributed by atoms with E-state index in [2.05, 4.69) is 6.07 Å². The smallest absolute Gasteiger partial charge is 0.119 e. The third-order valence-corrected chi connectivity index (χ3v) is 3.23. The summed E-state index contributed by atoms with van der Waals surface area (Å²) in [4.78, 5) is 0. The maximum absolute atomic E-state index is 9.41. The topological polar surface area (TPSA) is 42.2 Å². The highest BCUT2D eigenvalue weighted by Gasteiger charge is 2.12. The number of methoxy groups -OCH3 is 2. The standard InChI is InChI=1S/C17H17NO2/c1-19-16-7-3-5-13(10-16)9-15(12-18)14-6-4-8-17(11-14)20-2/h3-8,10-11,15H,9H2,1-2H3/t15-/m1/s1. The highest BCUT2D eigenvalue weighted by molar-refractivity contribution is 5.36. The molecule has 0 saturated carbocycles. The Hall–Kier alpha value is -2.47. The molecule has 0 aliphatic rings. The Balaban J connectivity index is 2.22. The zero-order chi connectivity index (χ0) is 14.4. The van der Waals surface area contributed by atoms with E-state index in [1.807, 2.05) is 48.5 Å². The average molecular weight is 267 g/mol. The van der Waals surface area contributed by atoms with Gasteiger partial charge in [-0.05, 0) is 41.8 Å². The van der Waals surface area contributed by atoms with Gasteiger partial charge in [0.1, 0.15) is 11.5 Å². The van der Waals surface area contributed by atoms with Gasteiger partial charge < -0.3 is 9.47 Å². The molecular weight excluding hydrogens is 250 g/mol. The van der Waals surface area contributed by atoms with Crippen LogP contribution in [-0.2, 0) is 6.42 Å². The van der Waals surface area contributed by atoms with Crippen LogP contribution in [0, 0.1) is 11.3 Å². The summed E-state index contributed by atoms with van der Waals surface area (Å²) in [5.41, 5.74) is 2.05. The van der Waals surface area contributed by atoms with Crippen LogP contribution in [0.1, 0.15) is 17.0 Å². The lowest BCUT2D eigenvalue weighted by Crippen LogP contribution is -2.01. The normalized spacial score (nSPS) is 11.4. The largest absolute Gasteiger partial charge is 0.497 e. The van der Waals surface area contributed by atoms with E-state index in [1.54, 1.807) is 14.2 Å². The molecule has 2 aromatic rings. The third kappa shape index (κ3) is 3.30. The molecule has 0 radical (unpaired) electrons. The summed E-state index contributed by atoms with van der Waals surface area (Å²) in [6, 6.07) is 17.8. The van der Waals surface area contributed by atoms with Crippen LogP contribution in [0.3, 0.4) is 0 Å². The first-order valence-electron chi connectivity index (χ1n) is 6.43. The monoisotopic (exact) mass is 267 g/mol. The molecule has 20 heavy (non-hydrogen) atoms. The summed E-state index contributed by atoms with van der Waals surface area (Å²) in [6.45, 7) is 0. The molecule has 2 aromatic carbocycles. The van der Waals surface area contributed by atoms with Gasteiger partial charge in [0, 0.05) is 0 Å². The Morgan fingerprint density at radius 1 is 1.00 bits per heavy atom. The predicted molar refractivity (Wildman–Crippen MR) is 78.0 cm³/mol. The fourth-order valence-electron chi connectivity index (χ4n) is 2.13. The molecule has 0 aliphatic carbocycles. The van der Waals surface area contributed by atoms with Crippen molar-refractivity contribution in [2.45, 2.75) is 12.3 Å². The maximum Gasteiger partial charge on any atom is 0.119 e. The van der Waals surface area contributed by atoms with E-state index in [9.17, 15) is 5.26 Å². The van der Waals surface area contributed by atoms with E-state index in [1.165, 1.54) is 0 Å². The summed E-state index contributed by atoms with van der Waals surface area (Å²) in [6.07, 6.45) is 0.654. The van der Waals surface area contributed by atoms with E-state index in [4.69, 9.17) is 9.47 Å². The van der Waals surface area contributed by atoms with Crippen LogP contribution in [0.2, 0.25) is 0 Å². The molecule has 0 saturated heterocycles. The van der Waals surface area contributed by atoms with Crippen LogP contribution in [0.5, 0.6) is 11.5 Å². The Bertz CT molecular complexity index is 616. The Labute approximate surface area is 119 Å². The third-order valence-electron chi connectivity index (χ3n) is 3.23. The van der Waals surface area contributed by atoms with Crippen LogP contribution in [0.4, 0.5) is 0 Å². The van der Waals surface area contributed by atoms with Gasteiger partial charge in [-0.3, -0.25) is 0 Å². The Morgan fingerprint density at radius 3 is 2.30 bits per heavy atom. The lowest BCUT2D eigenvalue weighted by Gasteiger charge is -2.11. The van der Waals surface area contributed by atoms with Gasteiger partial charge in [-0.25, -0.2) is 0 Å². The van der Waals surface area contributed by atoms with Crippen molar-refractivity contribution in [1.82, 2.24) is 0 Å². The summed E-state index contributed by atoms with van der Waals surface area (Å²) in [7, 11) is 3.27. The summed E-state index contributed by atoms with van der Waals surface area (Å²) < 4.78 is 10.4. The molecule has 3 nitrogen and oxygen atoms in total. The summed E-state index contributed by atoms with van der Waals surface area (Å²) >= 11 is 0. The maximum atomic E-state index is 9.41. The molecule has 0 unspecified atom stereocenters. The lowest BCUT2D eigenvalue weighted by molar-refractivity contribution is 0.413. The molecule has 0 amide bonds. The molecular formula is C17H17NO2. The van der Waals surface area contributed by atoms with Crippen LogP contribution in [0.25, 0.3) is 0 Å². The second kappa shape index (κ2) is 6.63. The first-order valence-corrected chi connectivity index (χ1v) is 6.43. The summed E-state index contributed by atoms with van der Waals surface area (Å²) in [5, 5.41) is 9.41. The van der Waals surface area contributed by atoms with E-state index in [-0.39, 0.29) is 5.92 Å². The molecule has 2 rings (SSSR count). The number of benzene rings is 2. The quantitative estimate of drug-likeness (QED) is 0.832. The van der Waals surface area contributed by atoms with Gasteiger partial charge in [-0.1, -0.05) is 24.3 Å². The van der Waals surface area contributed by atoms with Gasteiger partial charge in [0.05, 0.1) is 26.2 Å². The fourth-order valence-corrected chi connectivity index (χ4v) is 2.13. The molecule has 0 aromatic heterocycles. The second-order valence-corrected chi connectivity index (χ2v) is 4.51. The number of ether oxygens (including phenoxy) is 2. The van der Waals surface area contributed by atoms with Crippen LogP contribution in [-0.4, -0.2) is 14.2 Å². The first kappa shape index (κ1) is 14.0. The van der Waals surface area contributed by atoms with Gasteiger partial charge >= 0.3 is 0 Å². The number of rotatable bonds is 5. The lowest BCUT2D eigenvalue weighted by atomic mass is 9.93. The minimum Gasteiger partial charge on any atom is -0.497 e. The van der Waals surface area contributed by atoms with E-state index in [0.717, 1.165) is 22.6 Å². The Morgan fingerprint density at radius 2 is 1.65 bits per heavy atom. The van der Waals surface area contributed by atoms with Crippen molar-refractivity contribution in [2.24, 2.45) is 0 Å². The van der Waals surface area contributed by atoms with Crippen molar-refractivity contribution in [3.63, 3.8) is 0 Å². The van der Waals surface area contributed by atoms with Crippen molar-refractivity contribution < 1.29 is 9.47 Å². The zero-order valence-electron chi connectivity index (χ0n) is 11.7. The van der Waals surface area contributed by atoms with E-state index in [0.29, 0.717) is 6.42 Å². The number of nitrogens with zero attached hydrogens (tertiary/aromatic N) is 1. The van der Waals surface area contributed by atoms with E-state index < -0.39 is 0 Å². The average Bonchev–Trinajstić information content (AvgIpc) is 2.52. The molecule has 0 bridgehead atoms. The number of hydrogen-bond donors (Lipinski definition) is 0. The highest BCUT2D eigenvalue weighted by atomic mass is 16.5. The highest BCUT2D eigenvalue weighted by Crippen LogP contribution is 2.25. The van der Waals surface area contributed by atoms with Crippen LogP contribution in [0.15, 0.2) is 48.5 Å². The van der Waals surface area contributed by atoms with Gasteiger partial charge in [-0.15, -0.1) is 0 Å². The van der Waals surface area contributed by atoms with Crippen molar-refractivity contribution >= 4 is 0 Å². The molecule has 0 aliphatic heterocycles. The minimum atomic E-state index is -0.197. The Kier molecular flexibility index (Phi) is 4.62. The van der Waals surface area contributed by atoms with Crippen molar-refractivity contribution in [3.05, 3.63) is 59.7 Å². The van der Waals surface area contributed by atoms with Crippen molar-refractivity contribution in [3.8, 4) is 17.6 Å². The van der Waals surface area contributed by atoms with E-state index >= 15 is 0 Å². The number of hydrogen-bond acceptors (Lipinski definition) is 3. The summed E-state index contributed by atoms with van der Waals surface area (Å²) in [5.74, 6) is 1.38. The molecule has 0 spiro atoms. The van der Waals surface area contributed by atoms with Crippen LogP contribution < -0.4 is 9.47 Å². The molecule has 102 valence electrons. The van der Waals surface area contributed by atoms with Gasteiger partial charge in [0.15, 0.2) is 0 Å². The number of nitriles is 1. The van der Waals surface area contributed by atoms with Crippen molar-refractivity contribution in [1.29, 1.82) is 5.26 Å². The first-order chi connectivity index (χ1) is 9.76.